The summed E-state index contributed by atoms with van der Waals surface area (Å²) in [5, 5.41) is 1.26. The van der Waals surface area contributed by atoms with E-state index in [2.05, 4.69) is 0 Å². The van der Waals surface area contributed by atoms with Gasteiger partial charge in [-0.05, 0) is 27.7 Å². The molecule has 0 amide bonds. The lowest BCUT2D eigenvalue weighted by Crippen LogP contribution is -2.28. The fourth-order valence-electron chi connectivity index (χ4n) is 3.00. The fourth-order valence-corrected chi connectivity index (χ4v) is 9.84. The first-order valence-electron chi connectivity index (χ1n) is 8.15. The zero-order valence-electron chi connectivity index (χ0n) is 14.6. The van der Waals surface area contributed by atoms with Gasteiger partial charge in [0.15, 0.2) is 0 Å². The van der Waals surface area contributed by atoms with Crippen molar-refractivity contribution in [2.24, 2.45) is 0 Å². The Kier molecular flexibility index (Phi) is 6.56. The minimum atomic E-state index is -3.46. The van der Waals surface area contributed by atoms with Crippen LogP contribution in [0.5, 0.6) is 0 Å². The number of benzene rings is 1. The molecule has 0 bridgehead atoms. The molecule has 2 unspecified atom stereocenters. The Morgan fingerprint density at radius 1 is 1.17 bits per heavy atom. The predicted octanol–water partition coefficient (Wildman–Crippen LogP) is 5.14. The minimum absolute atomic E-state index is 0.212. The molecule has 0 radical (unpaired) electrons. The molecule has 2 rings (SSSR count). The Balaban J connectivity index is 2.46. The van der Waals surface area contributed by atoms with Crippen LogP contribution >= 0.6 is 26.3 Å². The van der Waals surface area contributed by atoms with Gasteiger partial charge < -0.3 is 13.6 Å². The average Bonchev–Trinajstić information content (AvgIpc) is 2.52. The van der Waals surface area contributed by atoms with Gasteiger partial charge in [0.1, 0.15) is 12.8 Å². The second-order valence-electron chi connectivity index (χ2n) is 6.09. The Morgan fingerprint density at radius 2 is 1.71 bits per heavy atom. The van der Waals surface area contributed by atoms with Crippen molar-refractivity contribution in [3.8, 4) is 0 Å². The van der Waals surface area contributed by atoms with Crippen molar-refractivity contribution in [3.63, 3.8) is 0 Å². The molecule has 1 aromatic carbocycles. The maximum absolute atomic E-state index is 13.6. The Labute approximate surface area is 149 Å². The quantitative estimate of drug-likeness (QED) is 0.631. The molecule has 1 heterocycles. The molecule has 0 fully saturated rings. The highest BCUT2D eigenvalue weighted by Crippen LogP contribution is 2.64. The van der Waals surface area contributed by atoms with Gasteiger partial charge in [-0.15, -0.1) is 0 Å². The van der Waals surface area contributed by atoms with Crippen LogP contribution in [0.15, 0.2) is 34.9 Å². The molecule has 2 atom stereocenters. The maximum Gasteiger partial charge on any atom is 0.339 e. The van der Waals surface area contributed by atoms with Crippen LogP contribution in [0.25, 0.3) is 0 Å². The van der Waals surface area contributed by atoms with Crippen LogP contribution in [0.2, 0.25) is 0 Å². The molecule has 0 spiro atoms. The van der Waals surface area contributed by atoms with Gasteiger partial charge in [-0.25, -0.2) is 0 Å². The van der Waals surface area contributed by atoms with Crippen LogP contribution in [0.4, 0.5) is 0 Å². The number of halogens is 1. The van der Waals surface area contributed by atoms with Gasteiger partial charge >= 0.3 is 7.60 Å². The number of hydrogen-bond acceptors (Lipinski definition) is 4. The average molecular weight is 391 g/mol. The molecule has 1 aliphatic rings. The van der Waals surface area contributed by atoms with Crippen molar-refractivity contribution < 1.29 is 18.2 Å². The first kappa shape index (κ1) is 19.9. The van der Waals surface area contributed by atoms with Crippen molar-refractivity contribution in [2.75, 3.05) is 25.5 Å². The summed E-state index contributed by atoms with van der Waals surface area (Å²) < 4.78 is 37.8. The molecule has 134 valence electrons. The van der Waals surface area contributed by atoms with Gasteiger partial charge in [0.25, 0.3) is 0 Å². The second kappa shape index (κ2) is 7.89. The summed E-state index contributed by atoms with van der Waals surface area (Å²) in [6, 6.07) is 7.69. The number of rotatable bonds is 6. The first-order chi connectivity index (χ1) is 11.3. The lowest BCUT2D eigenvalue weighted by molar-refractivity contribution is 0.216. The first-order valence-corrected chi connectivity index (χ1v) is 12.2. The molecule has 0 N–H and O–H groups in total. The summed E-state index contributed by atoms with van der Waals surface area (Å²) in [4.78, 5) is 0. The third-order valence-corrected chi connectivity index (χ3v) is 10.8. The molecule has 24 heavy (non-hydrogen) atoms. The van der Waals surface area contributed by atoms with Gasteiger partial charge in [0, 0.05) is 22.7 Å². The van der Waals surface area contributed by atoms with Crippen LogP contribution in [-0.2, 0) is 18.2 Å². The van der Waals surface area contributed by atoms with Crippen molar-refractivity contribution >= 4 is 31.6 Å². The Hall–Kier alpha value is -0.370. The summed E-state index contributed by atoms with van der Waals surface area (Å²) in [6.45, 7) is 7.87. The third-order valence-electron chi connectivity index (χ3n) is 4.17. The molecule has 1 aromatic rings. The topological polar surface area (TPSA) is 52.6 Å². The van der Waals surface area contributed by atoms with E-state index in [0.29, 0.717) is 11.2 Å². The standard InChI is InChI=1S/C17H25ClO4P2/c1-5-21-24(20,22-6-2)16-12-23(19,11-14(4)17(16)18)15-9-7-13(3)8-10-15/h7-10,16H,5-6,11-12H2,1-4H3. The molecule has 0 saturated carbocycles. The van der Waals surface area contributed by atoms with E-state index in [9.17, 15) is 9.13 Å². The molecule has 1 aliphatic heterocycles. The second-order valence-corrected chi connectivity index (χ2v) is 11.7. The van der Waals surface area contributed by atoms with Crippen LogP contribution < -0.4 is 5.30 Å². The normalized spacial score (nSPS) is 25.1. The highest BCUT2D eigenvalue weighted by atomic mass is 35.5. The maximum atomic E-state index is 13.6. The van der Waals surface area contributed by atoms with E-state index in [0.717, 1.165) is 16.4 Å². The molecule has 4 nitrogen and oxygen atoms in total. The van der Waals surface area contributed by atoms with Gasteiger partial charge in [-0.2, -0.15) is 0 Å². The van der Waals surface area contributed by atoms with E-state index >= 15 is 0 Å². The summed E-state index contributed by atoms with van der Waals surface area (Å²) in [7, 11) is -6.21. The predicted molar refractivity (Wildman–Crippen MR) is 101 cm³/mol. The summed E-state index contributed by atoms with van der Waals surface area (Å²) in [5.74, 6) is 0. The highest BCUT2D eigenvalue weighted by molar-refractivity contribution is 7.73. The zero-order valence-corrected chi connectivity index (χ0v) is 17.2. The number of aryl methyl sites for hydroxylation is 1. The van der Waals surface area contributed by atoms with Crippen molar-refractivity contribution in [1.29, 1.82) is 0 Å². The number of allylic oxidation sites excluding steroid dienone is 2. The summed E-state index contributed by atoms with van der Waals surface area (Å²) in [6.07, 6.45) is 0.618. The molecule has 0 aromatic heterocycles. The number of hydrogen-bond donors (Lipinski definition) is 0. The van der Waals surface area contributed by atoms with E-state index in [4.69, 9.17) is 20.6 Å². The highest BCUT2D eigenvalue weighted by Gasteiger charge is 2.46. The largest absolute Gasteiger partial charge is 0.339 e. The molecular weight excluding hydrogens is 366 g/mol. The van der Waals surface area contributed by atoms with E-state index in [1.165, 1.54) is 0 Å². The Morgan fingerprint density at radius 3 is 2.21 bits per heavy atom. The van der Waals surface area contributed by atoms with Crippen LogP contribution in [0.1, 0.15) is 26.3 Å². The lowest BCUT2D eigenvalue weighted by atomic mass is 10.2. The van der Waals surface area contributed by atoms with E-state index in [1.807, 2.05) is 38.1 Å². The van der Waals surface area contributed by atoms with Crippen molar-refractivity contribution in [1.82, 2.24) is 0 Å². The molecule has 7 heteroatoms. The summed E-state index contributed by atoms with van der Waals surface area (Å²) >= 11 is 6.46. The van der Waals surface area contributed by atoms with E-state index < -0.39 is 20.4 Å². The zero-order chi connectivity index (χ0) is 18.0. The molecule has 0 saturated heterocycles. The van der Waals surface area contributed by atoms with Gasteiger partial charge in [0.2, 0.25) is 0 Å². The Bertz CT molecular complexity index is 702. The summed E-state index contributed by atoms with van der Waals surface area (Å²) in [5.41, 5.74) is 1.25. The fraction of sp³-hybridized carbons (Fsp3) is 0.529. The molecular formula is C17H25ClO4P2. The minimum Gasteiger partial charge on any atom is -0.318 e. The van der Waals surface area contributed by atoms with Crippen molar-refractivity contribution in [2.45, 2.75) is 33.4 Å². The third kappa shape index (κ3) is 4.06. The van der Waals surface area contributed by atoms with Crippen molar-refractivity contribution in [3.05, 3.63) is 40.4 Å². The van der Waals surface area contributed by atoms with Crippen LogP contribution in [0.3, 0.4) is 0 Å². The van der Waals surface area contributed by atoms with Gasteiger partial charge in [0.05, 0.1) is 13.2 Å². The molecule has 0 aliphatic carbocycles. The lowest BCUT2D eigenvalue weighted by Gasteiger charge is -2.34. The smallest absolute Gasteiger partial charge is 0.318 e. The van der Waals surface area contributed by atoms with Gasteiger partial charge in [-0.3, -0.25) is 4.57 Å². The SMILES string of the molecule is CCOP(=O)(OCC)C1CP(=O)(c2ccc(C)cc2)CC(C)=C1Cl. The van der Waals surface area contributed by atoms with E-state index in [-0.39, 0.29) is 19.4 Å². The van der Waals surface area contributed by atoms with E-state index in [1.54, 1.807) is 13.8 Å². The van der Waals surface area contributed by atoms with Crippen LogP contribution in [-0.4, -0.2) is 31.2 Å². The van der Waals surface area contributed by atoms with Crippen LogP contribution in [0, 0.1) is 6.92 Å². The van der Waals surface area contributed by atoms with Gasteiger partial charge in [-0.1, -0.05) is 47.0 Å². The monoisotopic (exact) mass is 390 g/mol.